The highest BCUT2D eigenvalue weighted by atomic mass is 32.2. The molecule has 0 bridgehead atoms. The Bertz CT molecular complexity index is 307. The fourth-order valence-electron chi connectivity index (χ4n) is 0.979. The van der Waals surface area contributed by atoms with Gasteiger partial charge in [0.1, 0.15) is 5.03 Å². The first kappa shape index (κ1) is 12.1. The van der Waals surface area contributed by atoms with Crippen LogP contribution in [-0.2, 0) is 0 Å². The predicted octanol–water partition coefficient (Wildman–Crippen LogP) is 1.54. The fourth-order valence-corrected chi connectivity index (χ4v) is 1.59. The first-order valence-electron chi connectivity index (χ1n) is 4.91. The van der Waals surface area contributed by atoms with Gasteiger partial charge in [-0.1, -0.05) is 6.92 Å². The molecular formula is C10H16N2O2S. The lowest BCUT2D eigenvalue weighted by Crippen LogP contribution is -2.02. The van der Waals surface area contributed by atoms with Crippen LogP contribution in [0, 0.1) is 0 Å². The van der Waals surface area contributed by atoms with Crippen LogP contribution in [0.1, 0.15) is 13.3 Å². The van der Waals surface area contributed by atoms with Crippen molar-refractivity contribution in [2.24, 2.45) is 0 Å². The van der Waals surface area contributed by atoms with Crippen LogP contribution in [0.15, 0.2) is 17.2 Å². The number of rotatable bonds is 6. The van der Waals surface area contributed by atoms with Crippen molar-refractivity contribution < 1.29 is 9.84 Å². The van der Waals surface area contributed by atoms with Crippen LogP contribution < -0.4 is 10.5 Å². The summed E-state index contributed by atoms with van der Waals surface area (Å²) in [5, 5.41) is 9.51. The van der Waals surface area contributed by atoms with E-state index in [-0.39, 0.29) is 6.61 Å². The number of nitrogen functional groups attached to an aromatic ring is 1. The van der Waals surface area contributed by atoms with Gasteiger partial charge >= 0.3 is 0 Å². The van der Waals surface area contributed by atoms with Crippen molar-refractivity contribution in [3.05, 3.63) is 12.1 Å². The van der Waals surface area contributed by atoms with E-state index in [4.69, 9.17) is 15.6 Å². The topological polar surface area (TPSA) is 68.4 Å². The number of ether oxygens (including phenoxy) is 1. The van der Waals surface area contributed by atoms with Gasteiger partial charge in [-0.25, -0.2) is 4.98 Å². The Morgan fingerprint density at radius 2 is 2.33 bits per heavy atom. The SMILES string of the molecule is CCCOc1nc(SCCO)ccc1N. The number of anilines is 1. The summed E-state index contributed by atoms with van der Waals surface area (Å²) in [6.07, 6.45) is 0.926. The zero-order valence-electron chi connectivity index (χ0n) is 8.77. The van der Waals surface area contributed by atoms with E-state index in [1.807, 2.05) is 13.0 Å². The Balaban J connectivity index is 2.66. The maximum absolute atomic E-state index is 8.69. The van der Waals surface area contributed by atoms with Gasteiger partial charge in [-0.15, -0.1) is 11.8 Å². The van der Waals surface area contributed by atoms with Gasteiger partial charge in [-0.05, 0) is 18.6 Å². The minimum Gasteiger partial charge on any atom is -0.476 e. The lowest BCUT2D eigenvalue weighted by atomic mass is 10.4. The average molecular weight is 228 g/mol. The Morgan fingerprint density at radius 1 is 1.53 bits per heavy atom. The van der Waals surface area contributed by atoms with Crippen molar-refractivity contribution in [2.45, 2.75) is 18.4 Å². The van der Waals surface area contributed by atoms with Gasteiger partial charge in [0.2, 0.25) is 5.88 Å². The molecule has 0 aliphatic carbocycles. The zero-order valence-corrected chi connectivity index (χ0v) is 9.59. The van der Waals surface area contributed by atoms with Crippen molar-refractivity contribution in [3.8, 4) is 5.88 Å². The summed E-state index contributed by atoms with van der Waals surface area (Å²) in [6.45, 7) is 2.79. The number of aromatic nitrogens is 1. The number of nitrogens with two attached hydrogens (primary N) is 1. The van der Waals surface area contributed by atoms with Crippen LogP contribution in [0.3, 0.4) is 0 Å². The van der Waals surface area contributed by atoms with E-state index in [1.54, 1.807) is 6.07 Å². The molecule has 1 rings (SSSR count). The third kappa shape index (κ3) is 3.97. The minimum atomic E-state index is 0.141. The van der Waals surface area contributed by atoms with Crippen LogP contribution in [0.2, 0.25) is 0 Å². The van der Waals surface area contributed by atoms with Crippen LogP contribution in [0.5, 0.6) is 5.88 Å². The lowest BCUT2D eigenvalue weighted by Gasteiger charge is -2.08. The molecule has 1 aromatic heterocycles. The summed E-state index contributed by atoms with van der Waals surface area (Å²) in [6, 6.07) is 3.60. The van der Waals surface area contributed by atoms with Crippen molar-refractivity contribution in [3.63, 3.8) is 0 Å². The number of nitrogens with zero attached hydrogens (tertiary/aromatic N) is 1. The Kier molecular flexibility index (Phi) is 5.28. The number of thioether (sulfide) groups is 1. The van der Waals surface area contributed by atoms with Crippen LogP contribution in [0.4, 0.5) is 5.69 Å². The first-order valence-corrected chi connectivity index (χ1v) is 5.89. The second kappa shape index (κ2) is 6.53. The van der Waals surface area contributed by atoms with Gasteiger partial charge in [0.15, 0.2) is 0 Å². The number of pyridine rings is 1. The van der Waals surface area contributed by atoms with E-state index < -0.39 is 0 Å². The second-order valence-corrected chi connectivity index (χ2v) is 4.08. The largest absolute Gasteiger partial charge is 0.476 e. The molecule has 0 aromatic carbocycles. The van der Waals surface area contributed by atoms with Gasteiger partial charge in [-0.2, -0.15) is 0 Å². The molecule has 0 aliphatic heterocycles. The van der Waals surface area contributed by atoms with Gasteiger partial charge in [0, 0.05) is 5.75 Å². The van der Waals surface area contributed by atoms with Crippen LogP contribution >= 0.6 is 11.8 Å². The summed E-state index contributed by atoms with van der Waals surface area (Å²) < 4.78 is 5.39. The standard InChI is InChI=1S/C10H16N2O2S/c1-2-6-14-10-8(11)3-4-9(12-10)15-7-5-13/h3-4,13H,2,5-7,11H2,1H3. The Morgan fingerprint density at radius 3 is 3.00 bits per heavy atom. The van der Waals surface area contributed by atoms with E-state index in [2.05, 4.69) is 4.98 Å². The molecule has 0 saturated carbocycles. The normalized spacial score (nSPS) is 10.3. The van der Waals surface area contributed by atoms with E-state index in [0.29, 0.717) is 23.9 Å². The summed E-state index contributed by atoms with van der Waals surface area (Å²) in [4.78, 5) is 4.25. The molecule has 0 radical (unpaired) electrons. The van der Waals surface area contributed by atoms with E-state index in [1.165, 1.54) is 11.8 Å². The highest BCUT2D eigenvalue weighted by Crippen LogP contribution is 2.24. The first-order chi connectivity index (χ1) is 7.27. The van der Waals surface area contributed by atoms with E-state index in [0.717, 1.165) is 11.4 Å². The summed E-state index contributed by atoms with van der Waals surface area (Å²) >= 11 is 1.48. The van der Waals surface area contributed by atoms with Crippen LogP contribution in [-0.4, -0.2) is 29.1 Å². The molecule has 3 N–H and O–H groups in total. The van der Waals surface area contributed by atoms with Crippen molar-refractivity contribution in [1.29, 1.82) is 0 Å². The third-order valence-corrected chi connectivity index (χ3v) is 2.56. The maximum atomic E-state index is 8.69. The molecule has 1 heterocycles. The van der Waals surface area contributed by atoms with E-state index >= 15 is 0 Å². The number of hydrogen-bond acceptors (Lipinski definition) is 5. The molecule has 0 amide bonds. The van der Waals surface area contributed by atoms with E-state index in [9.17, 15) is 0 Å². The van der Waals surface area contributed by atoms with Crippen LogP contribution in [0.25, 0.3) is 0 Å². The molecular weight excluding hydrogens is 212 g/mol. The molecule has 4 nitrogen and oxygen atoms in total. The number of aliphatic hydroxyl groups is 1. The monoisotopic (exact) mass is 228 g/mol. The second-order valence-electron chi connectivity index (χ2n) is 2.96. The summed E-state index contributed by atoms with van der Waals surface area (Å²) in [5.41, 5.74) is 6.27. The predicted molar refractivity (Wildman–Crippen MR) is 62.2 cm³/mol. The highest BCUT2D eigenvalue weighted by molar-refractivity contribution is 7.99. The van der Waals surface area contributed by atoms with Gasteiger partial charge in [0.05, 0.1) is 18.9 Å². The lowest BCUT2D eigenvalue weighted by molar-refractivity contribution is 0.305. The van der Waals surface area contributed by atoms with Crippen molar-refractivity contribution in [1.82, 2.24) is 4.98 Å². The third-order valence-electron chi connectivity index (χ3n) is 1.65. The smallest absolute Gasteiger partial charge is 0.238 e. The summed E-state index contributed by atoms with van der Waals surface area (Å²) in [5.74, 6) is 1.12. The molecule has 0 unspecified atom stereocenters. The highest BCUT2D eigenvalue weighted by Gasteiger charge is 2.04. The number of aliphatic hydroxyl groups excluding tert-OH is 1. The van der Waals surface area contributed by atoms with Gasteiger partial charge in [-0.3, -0.25) is 0 Å². The molecule has 0 saturated heterocycles. The number of hydrogen-bond donors (Lipinski definition) is 2. The van der Waals surface area contributed by atoms with Gasteiger partial charge < -0.3 is 15.6 Å². The molecule has 15 heavy (non-hydrogen) atoms. The zero-order chi connectivity index (χ0) is 11.1. The fraction of sp³-hybridized carbons (Fsp3) is 0.500. The summed E-state index contributed by atoms with van der Waals surface area (Å²) in [7, 11) is 0. The Labute approximate surface area is 93.8 Å². The quantitative estimate of drug-likeness (QED) is 0.723. The minimum absolute atomic E-state index is 0.141. The van der Waals surface area contributed by atoms with Crippen molar-refractivity contribution in [2.75, 3.05) is 24.7 Å². The molecule has 0 fully saturated rings. The molecule has 0 spiro atoms. The molecule has 0 atom stereocenters. The Hall–Kier alpha value is -0.940. The molecule has 84 valence electrons. The molecule has 1 aromatic rings. The average Bonchev–Trinajstić information content (AvgIpc) is 2.26. The van der Waals surface area contributed by atoms with Gasteiger partial charge in [0.25, 0.3) is 0 Å². The van der Waals surface area contributed by atoms with Crippen molar-refractivity contribution >= 4 is 17.4 Å². The molecule has 0 aliphatic rings. The molecule has 5 heteroatoms. The maximum Gasteiger partial charge on any atom is 0.238 e.